The van der Waals surface area contributed by atoms with Crippen LogP contribution >= 0.6 is 0 Å². The first kappa shape index (κ1) is 31.0. The maximum atomic E-state index is 11.0. The highest BCUT2D eigenvalue weighted by Gasteiger charge is 2.42. The third kappa shape index (κ3) is 11.3. The molecule has 3 fully saturated rings. The third-order valence-electron chi connectivity index (χ3n) is 7.71. The van der Waals surface area contributed by atoms with E-state index in [-0.39, 0.29) is 43.0 Å². The van der Waals surface area contributed by atoms with Crippen LogP contribution in [0, 0.1) is 11.8 Å². The van der Waals surface area contributed by atoms with Crippen molar-refractivity contribution < 1.29 is 34.0 Å². The number of aliphatic hydroxyl groups is 1. The lowest BCUT2D eigenvalue weighted by molar-refractivity contribution is -0.193. The van der Waals surface area contributed by atoms with E-state index in [1.165, 1.54) is 5.57 Å². The molecule has 1 aliphatic carbocycles. The molecule has 7 atom stereocenters. The Morgan fingerprint density at radius 1 is 1.03 bits per heavy atom. The van der Waals surface area contributed by atoms with Crippen molar-refractivity contribution in [3.8, 4) is 0 Å². The van der Waals surface area contributed by atoms with E-state index in [9.17, 15) is 9.90 Å². The van der Waals surface area contributed by atoms with Crippen molar-refractivity contribution >= 4 is 5.97 Å². The number of carbonyl (C=O) groups is 1. The molecule has 0 aromatic heterocycles. The first-order chi connectivity index (χ1) is 18.4. The minimum absolute atomic E-state index is 0.0277. The van der Waals surface area contributed by atoms with E-state index < -0.39 is 12.1 Å². The molecule has 0 spiro atoms. The van der Waals surface area contributed by atoms with Gasteiger partial charge in [0.1, 0.15) is 0 Å². The molecule has 2 saturated heterocycles. The lowest BCUT2D eigenvalue weighted by Gasteiger charge is -2.30. The smallest absolute Gasteiger partial charge is 0.303 e. The van der Waals surface area contributed by atoms with Crippen molar-refractivity contribution in [1.82, 2.24) is 0 Å². The van der Waals surface area contributed by atoms with Crippen molar-refractivity contribution in [2.24, 2.45) is 11.8 Å². The van der Waals surface area contributed by atoms with Crippen LogP contribution in [-0.2, 0) is 23.7 Å². The topological polar surface area (TPSA) is 94.5 Å². The van der Waals surface area contributed by atoms with Crippen LogP contribution in [0.5, 0.6) is 0 Å². The van der Waals surface area contributed by atoms with Gasteiger partial charge in [-0.05, 0) is 90.4 Å². The second-order valence-electron chi connectivity index (χ2n) is 11.2. The number of rotatable bonds is 15. The van der Waals surface area contributed by atoms with Crippen molar-refractivity contribution in [2.45, 2.75) is 128 Å². The fraction of sp³-hybridized carbons (Fsp3) is 0.774. The molecule has 0 aromatic rings. The molecule has 0 radical (unpaired) electrons. The summed E-state index contributed by atoms with van der Waals surface area (Å²) in [5.41, 5.74) is 1.30. The molecule has 1 saturated carbocycles. The zero-order valence-corrected chi connectivity index (χ0v) is 23.5. The van der Waals surface area contributed by atoms with E-state index in [1.54, 1.807) is 0 Å². The van der Waals surface area contributed by atoms with Gasteiger partial charge in [0, 0.05) is 32.0 Å². The first-order valence-corrected chi connectivity index (χ1v) is 14.8. The van der Waals surface area contributed by atoms with Crippen LogP contribution < -0.4 is 0 Å². The molecule has 2 N–H and O–H groups in total. The highest BCUT2D eigenvalue weighted by Crippen LogP contribution is 2.39. The number of aliphatic carboxylic acids is 1. The zero-order chi connectivity index (χ0) is 27.2. The second kappa shape index (κ2) is 17.2. The number of unbranched alkanes of at least 4 members (excludes halogenated alkanes) is 1. The Morgan fingerprint density at radius 2 is 1.76 bits per heavy atom. The summed E-state index contributed by atoms with van der Waals surface area (Å²) in [7, 11) is 0. The summed E-state index contributed by atoms with van der Waals surface area (Å²) in [4.78, 5) is 10.8. The Hall–Kier alpha value is -1.51. The standard InChI is InChI=1S/C31H50O7/c1-23(2)12-11-13-24(37-30-16-7-9-20-35-30)18-19-26-25(14-5-3-4-6-15-29(33)34)27(32)22-28(26)38-31-17-8-10-21-36-31/h3,5,12,18-19,24-28,30-32H,4,6-11,13-17,20-22H2,1-2H3,(H,33,34)/t24?,25-,26-,27+,28-,30?,31?/m1/s1. The van der Waals surface area contributed by atoms with E-state index in [2.05, 4.69) is 38.2 Å². The molecule has 3 aliphatic rings. The Morgan fingerprint density at radius 3 is 2.42 bits per heavy atom. The highest BCUT2D eigenvalue weighted by atomic mass is 16.7. The van der Waals surface area contributed by atoms with Gasteiger partial charge < -0.3 is 29.2 Å². The largest absolute Gasteiger partial charge is 0.481 e. The first-order valence-electron chi connectivity index (χ1n) is 14.8. The number of carboxylic acids is 1. The average Bonchev–Trinajstić information content (AvgIpc) is 3.18. The normalized spacial score (nSPS) is 31.1. The summed E-state index contributed by atoms with van der Waals surface area (Å²) in [5.74, 6) is -0.694. The SMILES string of the molecule is CC(C)=CCCC(C=C[C@@H]1[C@@H](CC=CCCCC(=O)O)[C@@H](O)C[C@H]1OC1CCCCO1)OC1CCCCO1. The van der Waals surface area contributed by atoms with Gasteiger partial charge in [0.05, 0.1) is 18.3 Å². The van der Waals surface area contributed by atoms with Gasteiger partial charge in [-0.15, -0.1) is 0 Å². The molecule has 7 nitrogen and oxygen atoms in total. The molecule has 0 amide bonds. The van der Waals surface area contributed by atoms with Gasteiger partial charge in [-0.1, -0.05) is 36.0 Å². The molecule has 2 heterocycles. The van der Waals surface area contributed by atoms with E-state index in [1.807, 2.05) is 6.08 Å². The van der Waals surface area contributed by atoms with Crippen molar-refractivity contribution in [2.75, 3.05) is 13.2 Å². The van der Waals surface area contributed by atoms with Gasteiger partial charge in [0.25, 0.3) is 0 Å². The monoisotopic (exact) mass is 534 g/mol. The number of carboxylic acid groups (broad SMARTS) is 1. The Kier molecular flexibility index (Phi) is 14.1. The zero-order valence-electron chi connectivity index (χ0n) is 23.5. The highest BCUT2D eigenvalue weighted by molar-refractivity contribution is 5.66. The van der Waals surface area contributed by atoms with Gasteiger partial charge in [-0.25, -0.2) is 0 Å². The molecule has 3 unspecified atom stereocenters. The summed E-state index contributed by atoms with van der Waals surface area (Å²) in [5, 5.41) is 19.9. The van der Waals surface area contributed by atoms with E-state index in [0.29, 0.717) is 12.8 Å². The van der Waals surface area contributed by atoms with Gasteiger partial charge in [0.15, 0.2) is 12.6 Å². The van der Waals surface area contributed by atoms with Crippen molar-refractivity contribution in [1.29, 1.82) is 0 Å². The fourth-order valence-electron chi connectivity index (χ4n) is 5.60. The Balaban J connectivity index is 1.69. The van der Waals surface area contributed by atoms with Gasteiger partial charge in [-0.2, -0.15) is 0 Å². The second-order valence-corrected chi connectivity index (χ2v) is 11.2. The van der Waals surface area contributed by atoms with E-state index in [0.717, 1.165) is 77.4 Å². The molecule has 7 heteroatoms. The van der Waals surface area contributed by atoms with Gasteiger partial charge in [0.2, 0.25) is 0 Å². The predicted octanol–water partition coefficient (Wildman–Crippen LogP) is 6.31. The van der Waals surface area contributed by atoms with Gasteiger partial charge >= 0.3 is 5.97 Å². The van der Waals surface area contributed by atoms with Crippen LogP contribution in [0.25, 0.3) is 0 Å². The maximum Gasteiger partial charge on any atom is 0.303 e. The van der Waals surface area contributed by atoms with E-state index in [4.69, 9.17) is 24.1 Å². The quantitative estimate of drug-likeness (QED) is 0.188. The van der Waals surface area contributed by atoms with Crippen LogP contribution in [0.2, 0.25) is 0 Å². The number of hydrogen-bond donors (Lipinski definition) is 2. The third-order valence-corrected chi connectivity index (χ3v) is 7.71. The molecular weight excluding hydrogens is 484 g/mol. The summed E-state index contributed by atoms with van der Waals surface area (Å²) < 4.78 is 24.6. The van der Waals surface area contributed by atoms with Crippen LogP contribution in [0.15, 0.2) is 36.0 Å². The van der Waals surface area contributed by atoms with Crippen LogP contribution in [0.1, 0.15) is 97.3 Å². The minimum Gasteiger partial charge on any atom is -0.481 e. The molecule has 3 rings (SSSR count). The molecule has 0 bridgehead atoms. The molecule has 0 aromatic carbocycles. The summed E-state index contributed by atoms with van der Waals surface area (Å²) >= 11 is 0. The molecule has 38 heavy (non-hydrogen) atoms. The van der Waals surface area contributed by atoms with Crippen LogP contribution in [-0.4, -0.2) is 60.3 Å². The number of hydrogen-bond acceptors (Lipinski definition) is 6. The Labute approximate surface area is 229 Å². The van der Waals surface area contributed by atoms with Crippen molar-refractivity contribution in [3.63, 3.8) is 0 Å². The Bertz CT molecular complexity index is 760. The average molecular weight is 535 g/mol. The number of aliphatic hydroxyl groups excluding tert-OH is 1. The fourth-order valence-corrected chi connectivity index (χ4v) is 5.60. The number of allylic oxidation sites excluding steroid dienone is 4. The number of ether oxygens (including phenoxy) is 4. The molecular formula is C31H50O7. The minimum atomic E-state index is -0.764. The molecule has 216 valence electrons. The predicted molar refractivity (Wildman–Crippen MR) is 148 cm³/mol. The molecule has 2 aliphatic heterocycles. The van der Waals surface area contributed by atoms with Crippen molar-refractivity contribution in [3.05, 3.63) is 36.0 Å². The summed E-state index contributed by atoms with van der Waals surface area (Å²) in [6.45, 7) is 5.71. The maximum absolute atomic E-state index is 11.0. The lowest BCUT2D eigenvalue weighted by Crippen LogP contribution is -2.31. The van der Waals surface area contributed by atoms with Crippen LogP contribution in [0.3, 0.4) is 0 Å². The summed E-state index contributed by atoms with van der Waals surface area (Å²) in [6.07, 6.45) is 20.6. The van der Waals surface area contributed by atoms with E-state index >= 15 is 0 Å². The summed E-state index contributed by atoms with van der Waals surface area (Å²) in [6, 6.07) is 0. The van der Waals surface area contributed by atoms with Gasteiger partial charge in [-0.3, -0.25) is 4.79 Å². The van der Waals surface area contributed by atoms with Crippen LogP contribution in [0.4, 0.5) is 0 Å². The lowest BCUT2D eigenvalue weighted by atomic mass is 9.89.